The summed E-state index contributed by atoms with van der Waals surface area (Å²) >= 11 is 0. The van der Waals surface area contributed by atoms with Crippen LogP contribution in [0.3, 0.4) is 0 Å². The van der Waals surface area contributed by atoms with E-state index >= 15 is 0 Å². The van der Waals surface area contributed by atoms with Crippen LogP contribution in [0, 0.1) is 0 Å². The molecule has 0 amide bonds. The summed E-state index contributed by atoms with van der Waals surface area (Å²) in [5.74, 6) is 0.870. The number of nitrogens with zero attached hydrogens (tertiary/aromatic N) is 3. The molecule has 0 N–H and O–H groups in total. The van der Waals surface area contributed by atoms with Gasteiger partial charge < -0.3 is 9.47 Å². The number of methoxy groups -OCH3 is 1. The van der Waals surface area contributed by atoms with Crippen molar-refractivity contribution in [1.82, 2.24) is 14.6 Å². The van der Waals surface area contributed by atoms with Gasteiger partial charge in [0.25, 0.3) is 0 Å². The van der Waals surface area contributed by atoms with Crippen LogP contribution in [-0.2, 0) is 9.47 Å². The second-order valence-electron chi connectivity index (χ2n) is 4.58. The largest absolute Gasteiger partial charge is 0.465 e. The summed E-state index contributed by atoms with van der Waals surface area (Å²) in [6.07, 6.45) is 3.61. The van der Waals surface area contributed by atoms with Crippen molar-refractivity contribution < 1.29 is 14.3 Å². The first-order valence-corrected chi connectivity index (χ1v) is 6.30. The van der Waals surface area contributed by atoms with Crippen LogP contribution in [0.2, 0.25) is 0 Å². The summed E-state index contributed by atoms with van der Waals surface area (Å²) in [6.45, 7) is 1.49. The monoisotopic (exact) mass is 261 g/mol. The van der Waals surface area contributed by atoms with Crippen LogP contribution in [0.15, 0.2) is 18.3 Å². The number of pyridine rings is 1. The lowest BCUT2D eigenvalue weighted by Gasteiger charge is -2.20. The normalized spacial score (nSPS) is 16.7. The lowest BCUT2D eigenvalue weighted by Crippen LogP contribution is -2.16. The Morgan fingerprint density at radius 2 is 2.16 bits per heavy atom. The molecule has 19 heavy (non-hydrogen) atoms. The average molecular weight is 261 g/mol. The molecule has 100 valence electrons. The maximum absolute atomic E-state index is 11.6. The third-order valence-corrected chi connectivity index (χ3v) is 3.44. The van der Waals surface area contributed by atoms with Gasteiger partial charge in [0.05, 0.1) is 12.7 Å². The lowest BCUT2D eigenvalue weighted by atomic mass is 9.99. The molecule has 6 heteroatoms. The second kappa shape index (κ2) is 4.97. The first-order valence-electron chi connectivity index (χ1n) is 6.30. The van der Waals surface area contributed by atoms with Gasteiger partial charge in [0.1, 0.15) is 5.82 Å². The standard InChI is InChI=1S/C13H15N3O3/c1-18-13(17)10-2-3-11-14-15-12(16(11)8-10)9-4-6-19-7-5-9/h2-3,8-9H,4-7H2,1H3. The smallest absolute Gasteiger partial charge is 0.339 e. The first kappa shape index (κ1) is 12.1. The maximum Gasteiger partial charge on any atom is 0.339 e. The molecule has 0 aliphatic carbocycles. The Hall–Kier alpha value is -1.95. The van der Waals surface area contributed by atoms with Crippen molar-refractivity contribution in [2.75, 3.05) is 20.3 Å². The summed E-state index contributed by atoms with van der Waals surface area (Å²) in [5, 5.41) is 8.39. The van der Waals surface area contributed by atoms with Crippen molar-refractivity contribution in [3.05, 3.63) is 29.7 Å². The van der Waals surface area contributed by atoms with Crippen LogP contribution in [0.4, 0.5) is 0 Å². The van der Waals surface area contributed by atoms with Crippen molar-refractivity contribution in [1.29, 1.82) is 0 Å². The van der Waals surface area contributed by atoms with Gasteiger partial charge in [-0.25, -0.2) is 4.79 Å². The number of esters is 1. The molecule has 6 nitrogen and oxygen atoms in total. The van der Waals surface area contributed by atoms with Gasteiger partial charge in [-0.15, -0.1) is 10.2 Å². The zero-order valence-corrected chi connectivity index (χ0v) is 10.7. The molecule has 2 aromatic heterocycles. The van der Waals surface area contributed by atoms with Crippen molar-refractivity contribution in [3.8, 4) is 0 Å². The van der Waals surface area contributed by atoms with Gasteiger partial charge >= 0.3 is 5.97 Å². The Kier molecular flexibility index (Phi) is 3.16. The van der Waals surface area contributed by atoms with E-state index in [0.717, 1.165) is 37.5 Å². The molecular weight excluding hydrogens is 246 g/mol. The van der Waals surface area contributed by atoms with E-state index in [1.165, 1.54) is 7.11 Å². The van der Waals surface area contributed by atoms with E-state index in [1.54, 1.807) is 18.3 Å². The first-order chi connectivity index (χ1) is 9.29. The minimum absolute atomic E-state index is 0.330. The van der Waals surface area contributed by atoms with E-state index in [2.05, 4.69) is 10.2 Å². The molecule has 0 spiro atoms. The molecule has 1 fully saturated rings. The van der Waals surface area contributed by atoms with E-state index in [9.17, 15) is 4.79 Å². The Morgan fingerprint density at radius 1 is 1.37 bits per heavy atom. The SMILES string of the molecule is COC(=O)c1ccc2nnc(C3CCOCC3)n2c1. The van der Waals surface area contributed by atoms with Crippen molar-refractivity contribution in [2.24, 2.45) is 0 Å². The molecule has 2 aromatic rings. The fraction of sp³-hybridized carbons (Fsp3) is 0.462. The summed E-state index contributed by atoms with van der Waals surface area (Å²) in [6, 6.07) is 3.48. The van der Waals surface area contributed by atoms with Crippen LogP contribution in [-0.4, -0.2) is 40.9 Å². The van der Waals surface area contributed by atoms with Gasteiger partial charge in [-0.05, 0) is 25.0 Å². The summed E-state index contributed by atoms with van der Waals surface area (Å²) in [4.78, 5) is 11.6. The molecule has 1 saturated heterocycles. The van der Waals surface area contributed by atoms with Crippen LogP contribution in [0.25, 0.3) is 5.65 Å². The molecule has 0 atom stereocenters. The fourth-order valence-corrected chi connectivity index (χ4v) is 2.38. The average Bonchev–Trinajstić information content (AvgIpc) is 2.90. The Labute approximate surface area is 110 Å². The number of ether oxygens (including phenoxy) is 2. The lowest BCUT2D eigenvalue weighted by molar-refractivity contribution is 0.0600. The predicted molar refractivity (Wildman–Crippen MR) is 67.1 cm³/mol. The van der Waals surface area contributed by atoms with Gasteiger partial charge in [0.2, 0.25) is 0 Å². The minimum atomic E-state index is -0.353. The highest BCUT2D eigenvalue weighted by Crippen LogP contribution is 2.25. The number of fused-ring (bicyclic) bond motifs is 1. The molecule has 1 aliphatic heterocycles. The van der Waals surface area contributed by atoms with Gasteiger partial charge in [-0.3, -0.25) is 4.40 Å². The van der Waals surface area contributed by atoms with Gasteiger partial charge in [-0.2, -0.15) is 0 Å². The van der Waals surface area contributed by atoms with Crippen LogP contribution < -0.4 is 0 Å². The number of hydrogen-bond acceptors (Lipinski definition) is 5. The third-order valence-electron chi connectivity index (χ3n) is 3.44. The van der Waals surface area contributed by atoms with Crippen molar-refractivity contribution in [2.45, 2.75) is 18.8 Å². The summed E-state index contributed by atoms with van der Waals surface area (Å²) in [5.41, 5.74) is 1.25. The van der Waals surface area contributed by atoms with Gasteiger partial charge in [0.15, 0.2) is 5.65 Å². The molecule has 0 saturated carbocycles. The maximum atomic E-state index is 11.6. The zero-order chi connectivity index (χ0) is 13.2. The van der Waals surface area contributed by atoms with Crippen LogP contribution in [0.1, 0.15) is 34.9 Å². The summed E-state index contributed by atoms with van der Waals surface area (Å²) in [7, 11) is 1.37. The number of aromatic nitrogens is 3. The molecule has 0 aromatic carbocycles. The fourth-order valence-electron chi connectivity index (χ4n) is 2.38. The Bertz CT molecular complexity index is 602. The van der Waals surface area contributed by atoms with E-state index in [1.807, 2.05) is 4.40 Å². The quantitative estimate of drug-likeness (QED) is 0.765. The molecule has 1 aliphatic rings. The number of hydrogen-bond donors (Lipinski definition) is 0. The minimum Gasteiger partial charge on any atom is -0.465 e. The van der Waals surface area contributed by atoms with E-state index in [4.69, 9.17) is 9.47 Å². The molecule has 3 heterocycles. The predicted octanol–water partition coefficient (Wildman–Crippen LogP) is 1.41. The van der Waals surface area contributed by atoms with Crippen molar-refractivity contribution >= 4 is 11.6 Å². The number of carbonyl (C=O) groups excluding carboxylic acids is 1. The second-order valence-corrected chi connectivity index (χ2v) is 4.58. The molecular formula is C13H15N3O3. The zero-order valence-electron chi connectivity index (χ0n) is 10.7. The van der Waals surface area contributed by atoms with E-state index in [-0.39, 0.29) is 5.97 Å². The molecule has 3 rings (SSSR count). The molecule has 0 radical (unpaired) electrons. The van der Waals surface area contributed by atoms with Crippen molar-refractivity contribution in [3.63, 3.8) is 0 Å². The van der Waals surface area contributed by atoms with Crippen LogP contribution >= 0.6 is 0 Å². The highest BCUT2D eigenvalue weighted by atomic mass is 16.5. The molecule has 0 unspecified atom stereocenters. The Balaban J connectivity index is 2.02. The topological polar surface area (TPSA) is 65.7 Å². The number of carbonyl (C=O) groups is 1. The van der Waals surface area contributed by atoms with E-state index < -0.39 is 0 Å². The van der Waals surface area contributed by atoms with Crippen LogP contribution in [0.5, 0.6) is 0 Å². The van der Waals surface area contributed by atoms with E-state index in [0.29, 0.717) is 11.5 Å². The summed E-state index contributed by atoms with van der Waals surface area (Å²) < 4.78 is 12.0. The van der Waals surface area contributed by atoms with Gasteiger partial charge in [-0.1, -0.05) is 0 Å². The number of rotatable bonds is 2. The Morgan fingerprint density at radius 3 is 2.89 bits per heavy atom. The highest BCUT2D eigenvalue weighted by molar-refractivity contribution is 5.89. The van der Waals surface area contributed by atoms with Gasteiger partial charge in [0, 0.05) is 25.3 Å². The third kappa shape index (κ3) is 2.19. The molecule has 0 bridgehead atoms. The highest BCUT2D eigenvalue weighted by Gasteiger charge is 2.21.